The van der Waals surface area contributed by atoms with E-state index in [1.807, 2.05) is 0 Å². The van der Waals surface area contributed by atoms with Gasteiger partial charge in [0, 0.05) is 7.11 Å². The minimum absolute atomic E-state index is 0.0394. The van der Waals surface area contributed by atoms with Gasteiger partial charge in [-0.3, -0.25) is 4.18 Å². The van der Waals surface area contributed by atoms with Gasteiger partial charge in [-0.15, -0.1) is 0 Å². The van der Waals surface area contributed by atoms with E-state index < -0.39 is 79.4 Å². The third-order valence-corrected chi connectivity index (χ3v) is 9.98. The number of ether oxygens (including phenoxy) is 5. The van der Waals surface area contributed by atoms with E-state index in [4.69, 9.17) is 27.9 Å². The number of carbonyl (C=O) groups excluding carboxylic acids is 3. The summed E-state index contributed by atoms with van der Waals surface area (Å²) in [5.41, 5.74) is 0.127. The molecular formula is C34H30O13S2. The van der Waals surface area contributed by atoms with Crippen LogP contribution in [0, 0.1) is 0 Å². The zero-order chi connectivity index (χ0) is 35.0. The molecule has 0 amide bonds. The summed E-state index contributed by atoms with van der Waals surface area (Å²) < 4.78 is 86.2. The second-order valence-electron chi connectivity index (χ2n) is 10.5. The van der Waals surface area contributed by atoms with E-state index in [0.717, 1.165) is 0 Å². The zero-order valence-corrected chi connectivity index (χ0v) is 27.4. The van der Waals surface area contributed by atoms with Crippen molar-refractivity contribution in [3.05, 3.63) is 132 Å². The highest BCUT2D eigenvalue weighted by Crippen LogP contribution is 2.32. The van der Waals surface area contributed by atoms with Crippen LogP contribution in [0.15, 0.2) is 131 Å². The Morgan fingerprint density at radius 2 is 1.04 bits per heavy atom. The van der Waals surface area contributed by atoms with Crippen LogP contribution >= 0.6 is 0 Å². The molecule has 0 aromatic heterocycles. The molecule has 0 saturated carbocycles. The summed E-state index contributed by atoms with van der Waals surface area (Å²) in [5.74, 6) is -1.90. The van der Waals surface area contributed by atoms with Gasteiger partial charge in [-0.05, 0) is 48.5 Å². The Morgan fingerprint density at radius 3 is 1.53 bits per heavy atom. The van der Waals surface area contributed by atoms with Crippen LogP contribution in [0.2, 0.25) is 0 Å². The van der Waals surface area contributed by atoms with Crippen molar-refractivity contribution in [3.63, 3.8) is 0 Å². The second kappa shape index (κ2) is 15.5. The van der Waals surface area contributed by atoms with Gasteiger partial charge in [-0.2, -0.15) is 8.42 Å². The molecule has 13 nitrogen and oxygen atoms in total. The van der Waals surface area contributed by atoms with Crippen LogP contribution in [0.4, 0.5) is 4.79 Å². The topological polar surface area (TPSA) is 175 Å². The Hall–Kier alpha value is -4.93. The summed E-state index contributed by atoms with van der Waals surface area (Å²) in [5, 5.41) is -1.78. The van der Waals surface area contributed by atoms with Crippen molar-refractivity contribution in [3.8, 4) is 0 Å². The predicted molar refractivity (Wildman–Crippen MR) is 170 cm³/mol. The Kier molecular flexibility index (Phi) is 11.2. The van der Waals surface area contributed by atoms with Crippen LogP contribution in [0.25, 0.3) is 0 Å². The summed E-state index contributed by atoms with van der Waals surface area (Å²) >= 11 is 0. The van der Waals surface area contributed by atoms with E-state index in [1.165, 1.54) is 86.0 Å². The van der Waals surface area contributed by atoms with Gasteiger partial charge in [-0.25, -0.2) is 22.8 Å². The number of carbonyl (C=O) groups is 3. The van der Waals surface area contributed by atoms with Gasteiger partial charge in [0.05, 0.1) is 27.5 Å². The van der Waals surface area contributed by atoms with Crippen LogP contribution in [-0.4, -0.2) is 78.5 Å². The molecule has 15 heteroatoms. The molecule has 5 atom stereocenters. The van der Waals surface area contributed by atoms with Gasteiger partial charge < -0.3 is 23.7 Å². The highest BCUT2D eigenvalue weighted by molar-refractivity contribution is 8.05. The van der Waals surface area contributed by atoms with Crippen LogP contribution in [0.1, 0.15) is 20.7 Å². The largest absolute Gasteiger partial charge is 0.450 e. The van der Waals surface area contributed by atoms with Crippen LogP contribution in [-0.2, 0) is 47.8 Å². The summed E-state index contributed by atoms with van der Waals surface area (Å²) in [4.78, 5) is 39.5. The predicted octanol–water partition coefficient (Wildman–Crippen LogP) is 4.19. The average Bonchev–Trinajstić information content (AvgIpc) is 3.13. The number of hydrogen-bond donors (Lipinski definition) is 0. The molecule has 4 aromatic carbocycles. The lowest BCUT2D eigenvalue weighted by Crippen LogP contribution is -2.63. The van der Waals surface area contributed by atoms with Gasteiger partial charge in [-0.1, -0.05) is 72.8 Å². The highest BCUT2D eigenvalue weighted by Gasteiger charge is 2.54. The number of hydrogen-bond acceptors (Lipinski definition) is 13. The number of esters is 2. The Labute approximate surface area is 282 Å². The Balaban J connectivity index is 1.56. The maximum atomic E-state index is 13.4. The van der Waals surface area contributed by atoms with Gasteiger partial charge in [0.1, 0.15) is 6.10 Å². The maximum Gasteiger partial charge on any atom is 0.430 e. The molecular weight excluding hydrogens is 680 g/mol. The average molecular weight is 711 g/mol. The van der Waals surface area contributed by atoms with Crippen LogP contribution < -0.4 is 0 Å². The quantitative estimate of drug-likeness (QED) is 0.123. The van der Waals surface area contributed by atoms with E-state index in [9.17, 15) is 31.2 Å². The summed E-state index contributed by atoms with van der Waals surface area (Å²) in [6.45, 7) is -0.876. The SMILES string of the molecule is CO[C@@H]1O[C@@H](COS(=O)(=O)c2ccccc2)[C@H](OC(=O)S(=O)(=O)c2ccccc2)[C@@H](OC(=O)c2ccccc2)[C@@H]1OC(=O)c1ccccc1. The monoisotopic (exact) mass is 710 g/mol. The zero-order valence-electron chi connectivity index (χ0n) is 25.8. The van der Waals surface area contributed by atoms with Gasteiger partial charge in [0.25, 0.3) is 20.0 Å². The highest BCUT2D eigenvalue weighted by atomic mass is 32.2. The molecule has 0 spiro atoms. The fraction of sp³-hybridized carbons (Fsp3) is 0.206. The molecule has 1 aliphatic heterocycles. The molecule has 0 radical (unpaired) electrons. The van der Waals surface area contributed by atoms with E-state index >= 15 is 0 Å². The first kappa shape index (κ1) is 35.4. The first-order valence-corrected chi connectivity index (χ1v) is 17.6. The fourth-order valence-corrected chi connectivity index (χ4v) is 6.70. The van der Waals surface area contributed by atoms with Gasteiger partial charge in [0.15, 0.2) is 24.6 Å². The molecule has 1 saturated heterocycles. The van der Waals surface area contributed by atoms with Gasteiger partial charge in [0.2, 0.25) is 0 Å². The van der Waals surface area contributed by atoms with E-state index in [-0.39, 0.29) is 16.0 Å². The third-order valence-electron chi connectivity index (χ3n) is 7.25. The van der Waals surface area contributed by atoms with E-state index in [1.54, 1.807) is 42.5 Å². The molecule has 1 heterocycles. The van der Waals surface area contributed by atoms with Crippen molar-refractivity contribution in [2.24, 2.45) is 0 Å². The molecule has 0 N–H and O–H groups in total. The number of benzene rings is 4. The maximum absolute atomic E-state index is 13.4. The van der Waals surface area contributed by atoms with Crippen molar-refractivity contribution in [2.75, 3.05) is 13.7 Å². The lowest BCUT2D eigenvalue weighted by Gasteiger charge is -2.43. The first-order chi connectivity index (χ1) is 23.5. The number of methoxy groups -OCH3 is 1. The molecule has 49 heavy (non-hydrogen) atoms. The molecule has 0 aliphatic carbocycles. The summed E-state index contributed by atoms with van der Waals surface area (Å²) in [6, 6.07) is 29.1. The van der Waals surface area contributed by atoms with Crippen molar-refractivity contribution < 1.29 is 59.1 Å². The summed E-state index contributed by atoms with van der Waals surface area (Å²) in [7, 11) is -8.07. The summed E-state index contributed by atoms with van der Waals surface area (Å²) in [6.07, 6.45) is -8.63. The standard InChI is InChI=1S/C34H30O13S2/c1-42-33-30(46-32(36)24-16-8-3-9-17-24)29(45-31(35)23-14-6-2-7-15-23)28(47-34(37)48(38,39)25-18-10-4-11-19-25)27(44-33)22-43-49(40,41)26-20-12-5-13-21-26/h2-21,27-30,33H,22H2,1H3/t27-,28-,29+,30-,33+/m0/s1. The molecule has 1 fully saturated rings. The minimum atomic E-state index is -4.81. The molecule has 256 valence electrons. The van der Waals surface area contributed by atoms with Crippen molar-refractivity contribution in [1.82, 2.24) is 0 Å². The Morgan fingerprint density at radius 1 is 0.592 bits per heavy atom. The molecule has 0 unspecified atom stereocenters. The van der Waals surface area contributed by atoms with E-state index in [0.29, 0.717) is 0 Å². The number of sulfone groups is 1. The van der Waals surface area contributed by atoms with Crippen LogP contribution in [0.3, 0.4) is 0 Å². The smallest absolute Gasteiger partial charge is 0.430 e. The third kappa shape index (κ3) is 8.39. The normalized spacial score (nSPS) is 20.9. The van der Waals surface area contributed by atoms with Crippen molar-refractivity contribution in [1.29, 1.82) is 0 Å². The second-order valence-corrected chi connectivity index (χ2v) is 13.9. The number of rotatable bonds is 11. The minimum Gasteiger partial charge on any atom is -0.450 e. The lowest BCUT2D eigenvalue weighted by atomic mass is 9.98. The van der Waals surface area contributed by atoms with Gasteiger partial charge >= 0.3 is 17.2 Å². The molecule has 1 aliphatic rings. The van der Waals surface area contributed by atoms with Crippen molar-refractivity contribution in [2.45, 2.75) is 40.5 Å². The molecule has 5 rings (SSSR count). The molecule has 0 bridgehead atoms. The van der Waals surface area contributed by atoms with Crippen LogP contribution in [0.5, 0.6) is 0 Å². The first-order valence-electron chi connectivity index (χ1n) is 14.7. The Bertz CT molecular complexity index is 1960. The molecule has 4 aromatic rings. The van der Waals surface area contributed by atoms with E-state index in [2.05, 4.69) is 0 Å². The van der Waals surface area contributed by atoms with Crippen molar-refractivity contribution >= 4 is 37.2 Å². The fourth-order valence-electron chi connectivity index (χ4n) is 4.82. The lowest BCUT2D eigenvalue weighted by molar-refractivity contribution is -0.289.